The maximum absolute atomic E-state index is 13.6. The molecule has 2 amide bonds. The lowest BCUT2D eigenvalue weighted by molar-refractivity contribution is 0.0527. The van der Waals surface area contributed by atoms with Gasteiger partial charge in [-0.05, 0) is 49.6 Å². The Hall–Kier alpha value is -4.06. The number of ether oxygens (including phenoxy) is 1. The van der Waals surface area contributed by atoms with Gasteiger partial charge in [0.2, 0.25) is 0 Å². The summed E-state index contributed by atoms with van der Waals surface area (Å²) in [5.74, 6) is -0.454. The molecule has 0 radical (unpaired) electrons. The summed E-state index contributed by atoms with van der Waals surface area (Å²) >= 11 is 0. The molecule has 6 nitrogen and oxygen atoms in total. The van der Waals surface area contributed by atoms with Gasteiger partial charge < -0.3 is 19.9 Å². The van der Waals surface area contributed by atoms with Crippen molar-refractivity contribution in [2.75, 3.05) is 18.5 Å². The van der Waals surface area contributed by atoms with Crippen molar-refractivity contribution >= 4 is 28.6 Å². The minimum atomic E-state index is -0.454. The van der Waals surface area contributed by atoms with Crippen LogP contribution in [0.15, 0.2) is 72.8 Å². The summed E-state index contributed by atoms with van der Waals surface area (Å²) in [6.45, 7) is 4.64. The van der Waals surface area contributed by atoms with E-state index in [2.05, 4.69) is 53.6 Å². The third-order valence-electron chi connectivity index (χ3n) is 6.35. The van der Waals surface area contributed by atoms with Crippen molar-refractivity contribution < 1.29 is 14.3 Å². The number of aryl methyl sites for hydroxylation is 1. The highest BCUT2D eigenvalue weighted by atomic mass is 16.5. The molecular weight excluding hydrogens is 426 g/mol. The summed E-state index contributed by atoms with van der Waals surface area (Å²) in [6.07, 6.45) is 0.745. The van der Waals surface area contributed by atoms with Crippen molar-refractivity contribution in [1.29, 1.82) is 0 Å². The summed E-state index contributed by atoms with van der Waals surface area (Å²) in [7, 11) is 0. The standard InChI is InChI=1S/C28H27N3O3/c1-3-34-27(32)22-9-5-7-11-24(22)30-28(33)31-17-16-21-20-8-4-6-10-23(20)29-25(21)26(31)19-14-12-18(2)13-15-19/h4-15,26,29H,3,16-17H2,1-2H3,(H,30,33)/t26-/m1/s1. The highest BCUT2D eigenvalue weighted by Crippen LogP contribution is 2.38. The van der Waals surface area contributed by atoms with Gasteiger partial charge in [0.1, 0.15) is 0 Å². The number of H-pyrrole nitrogens is 1. The Morgan fingerprint density at radius 3 is 2.56 bits per heavy atom. The Morgan fingerprint density at radius 1 is 1.03 bits per heavy atom. The van der Waals surface area contributed by atoms with E-state index >= 15 is 0 Å². The number of esters is 1. The number of urea groups is 1. The number of hydrogen-bond donors (Lipinski definition) is 2. The Morgan fingerprint density at radius 2 is 1.76 bits per heavy atom. The molecule has 2 heterocycles. The molecule has 2 N–H and O–H groups in total. The van der Waals surface area contributed by atoms with E-state index in [9.17, 15) is 9.59 Å². The quantitative estimate of drug-likeness (QED) is 0.382. The van der Waals surface area contributed by atoms with Gasteiger partial charge in [0.15, 0.2) is 0 Å². The molecule has 34 heavy (non-hydrogen) atoms. The first-order chi connectivity index (χ1) is 16.6. The van der Waals surface area contributed by atoms with Crippen LogP contribution in [0, 0.1) is 6.92 Å². The summed E-state index contributed by atoms with van der Waals surface area (Å²) in [4.78, 5) is 31.5. The fraction of sp³-hybridized carbons (Fsp3) is 0.214. The first kappa shape index (κ1) is 21.8. The maximum Gasteiger partial charge on any atom is 0.340 e. The van der Waals surface area contributed by atoms with E-state index in [0.717, 1.165) is 28.8 Å². The molecule has 1 atom stereocenters. The van der Waals surface area contributed by atoms with Gasteiger partial charge in [0, 0.05) is 23.1 Å². The first-order valence-electron chi connectivity index (χ1n) is 11.6. The average molecular weight is 454 g/mol. The monoisotopic (exact) mass is 453 g/mol. The molecule has 0 unspecified atom stereocenters. The van der Waals surface area contributed by atoms with E-state index < -0.39 is 5.97 Å². The van der Waals surface area contributed by atoms with Gasteiger partial charge >= 0.3 is 12.0 Å². The van der Waals surface area contributed by atoms with Gasteiger partial charge in [-0.3, -0.25) is 0 Å². The Labute approximate surface area is 198 Å². The highest BCUT2D eigenvalue weighted by molar-refractivity contribution is 6.01. The van der Waals surface area contributed by atoms with Crippen LogP contribution < -0.4 is 5.32 Å². The predicted molar refractivity (Wildman–Crippen MR) is 133 cm³/mol. The Bertz CT molecular complexity index is 1360. The van der Waals surface area contributed by atoms with Crippen molar-refractivity contribution in [3.63, 3.8) is 0 Å². The second-order valence-electron chi connectivity index (χ2n) is 8.52. The third kappa shape index (κ3) is 3.92. The number of aromatic nitrogens is 1. The Kier molecular flexibility index (Phi) is 5.80. The normalized spacial score (nSPS) is 15.1. The van der Waals surface area contributed by atoms with Gasteiger partial charge in [-0.1, -0.05) is 60.2 Å². The number of benzene rings is 3. The van der Waals surface area contributed by atoms with Gasteiger partial charge in [-0.15, -0.1) is 0 Å². The Balaban J connectivity index is 1.54. The van der Waals surface area contributed by atoms with E-state index in [-0.39, 0.29) is 18.7 Å². The first-order valence-corrected chi connectivity index (χ1v) is 11.6. The van der Waals surface area contributed by atoms with Crippen LogP contribution in [0.1, 0.15) is 45.7 Å². The fourth-order valence-corrected chi connectivity index (χ4v) is 4.72. The molecule has 6 heteroatoms. The van der Waals surface area contributed by atoms with Gasteiger partial charge in [0.05, 0.1) is 23.9 Å². The zero-order valence-corrected chi connectivity index (χ0v) is 19.3. The van der Waals surface area contributed by atoms with Crippen LogP contribution in [0.25, 0.3) is 10.9 Å². The maximum atomic E-state index is 13.6. The summed E-state index contributed by atoms with van der Waals surface area (Å²) in [5, 5.41) is 4.16. The molecule has 0 aliphatic carbocycles. The molecule has 0 saturated heterocycles. The van der Waals surface area contributed by atoms with Crippen molar-refractivity contribution in [1.82, 2.24) is 9.88 Å². The molecule has 0 bridgehead atoms. The topological polar surface area (TPSA) is 74.4 Å². The minimum absolute atomic E-state index is 0.258. The molecule has 172 valence electrons. The molecule has 0 saturated carbocycles. The zero-order chi connectivity index (χ0) is 23.7. The van der Waals surface area contributed by atoms with Crippen LogP contribution in [0.4, 0.5) is 10.5 Å². The lowest BCUT2D eigenvalue weighted by Crippen LogP contribution is -2.43. The number of nitrogens with one attached hydrogen (secondary N) is 2. The van der Waals surface area contributed by atoms with Gasteiger partial charge in [0.25, 0.3) is 0 Å². The predicted octanol–water partition coefficient (Wildman–Crippen LogP) is 5.83. The van der Waals surface area contributed by atoms with Crippen LogP contribution >= 0.6 is 0 Å². The van der Waals surface area contributed by atoms with Crippen LogP contribution in [-0.4, -0.2) is 35.0 Å². The molecule has 1 aromatic heterocycles. The summed E-state index contributed by atoms with van der Waals surface area (Å²) < 4.78 is 5.17. The van der Waals surface area contributed by atoms with Crippen LogP contribution in [0.3, 0.4) is 0 Å². The molecule has 1 aliphatic rings. The molecule has 0 spiro atoms. The minimum Gasteiger partial charge on any atom is -0.462 e. The van der Waals surface area contributed by atoms with Crippen LogP contribution in [0.2, 0.25) is 0 Å². The fourth-order valence-electron chi connectivity index (χ4n) is 4.72. The number of amides is 2. The summed E-state index contributed by atoms with van der Waals surface area (Å²) in [6, 6.07) is 23.0. The number of carbonyl (C=O) groups excluding carboxylic acids is 2. The van der Waals surface area contributed by atoms with E-state index in [0.29, 0.717) is 17.8 Å². The molecule has 0 fully saturated rings. The number of carbonyl (C=O) groups is 2. The average Bonchev–Trinajstić information content (AvgIpc) is 3.23. The van der Waals surface area contributed by atoms with Crippen LogP contribution in [0.5, 0.6) is 0 Å². The van der Waals surface area contributed by atoms with Gasteiger partial charge in [-0.25, -0.2) is 9.59 Å². The highest BCUT2D eigenvalue weighted by Gasteiger charge is 2.35. The molecule has 5 rings (SSSR count). The SMILES string of the molecule is CCOC(=O)c1ccccc1NC(=O)N1CCc2c([nH]c3ccccc23)[C@H]1c1ccc(C)cc1. The molecule has 4 aromatic rings. The van der Waals surface area contributed by atoms with Crippen molar-refractivity contribution in [2.45, 2.75) is 26.3 Å². The van der Waals surface area contributed by atoms with Crippen molar-refractivity contribution in [3.05, 3.63) is 101 Å². The lowest BCUT2D eigenvalue weighted by Gasteiger charge is -2.36. The van der Waals surface area contributed by atoms with E-state index in [1.807, 2.05) is 17.0 Å². The number of aromatic amines is 1. The number of rotatable bonds is 4. The number of anilines is 1. The second-order valence-corrected chi connectivity index (χ2v) is 8.52. The molecular formula is C28H27N3O3. The number of fused-ring (bicyclic) bond motifs is 3. The van der Waals surface area contributed by atoms with Crippen LogP contribution in [-0.2, 0) is 11.2 Å². The van der Waals surface area contributed by atoms with Crippen molar-refractivity contribution in [2.24, 2.45) is 0 Å². The van der Waals surface area contributed by atoms with E-state index in [1.54, 1.807) is 31.2 Å². The number of hydrogen-bond acceptors (Lipinski definition) is 3. The zero-order valence-electron chi connectivity index (χ0n) is 19.3. The smallest absolute Gasteiger partial charge is 0.340 e. The van der Waals surface area contributed by atoms with Crippen molar-refractivity contribution in [3.8, 4) is 0 Å². The molecule has 3 aromatic carbocycles. The number of nitrogens with zero attached hydrogens (tertiary/aromatic N) is 1. The largest absolute Gasteiger partial charge is 0.462 e. The molecule has 1 aliphatic heterocycles. The second kappa shape index (κ2) is 9.06. The third-order valence-corrected chi connectivity index (χ3v) is 6.35. The summed E-state index contributed by atoms with van der Waals surface area (Å²) in [5.41, 5.74) is 6.33. The number of para-hydroxylation sites is 2. The lowest BCUT2D eigenvalue weighted by atomic mass is 9.92. The van der Waals surface area contributed by atoms with E-state index in [4.69, 9.17) is 4.74 Å². The van der Waals surface area contributed by atoms with Gasteiger partial charge in [-0.2, -0.15) is 0 Å². The van der Waals surface area contributed by atoms with E-state index in [1.165, 1.54) is 10.9 Å².